The smallest absolute Gasteiger partial charge is 0.336 e. The van der Waals surface area contributed by atoms with Gasteiger partial charge in [-0.2, -0.15) is 0 Å². The van der Waals surface area contributed by atoms with Crippen molar-refractivity contribution in [3.8, 4) is 0 Å². The highest BCUT2D eigenvalue weighted by Crippen LogP contribution is 2.27. The minimum Gasteiger partial charge on any atom is -0.626 e. The summed E-state index contributed by atoms with van der Waals surface area (Å²) in [5.74, 6) is -0.677. The highest BCUT2D eigenvalue weighted by molar-refractivity contribution is 6.01. The fraction of sp³-hybridized carbons (Fsp3) is 0.639. The molecule has 12 nitrogen and oxygen atoms in total. The Hall–Kier alpha value is -3.45. The molecule has 48 heavy (non-hydrogen) atoms. The van der Waals surface area contributed by atoms with Crippen molar-refractivity contribution in [3.63, 3.8) is 0 Å². The summed E-state index contributed by atoms with van der Waals surface area (Å²) in [4.78, 5) is 57.4. The van der Waals surface area contributed by atoms with Crippen LogP contribution in [-0.4, -0.2) is 94.8 Å². The van der Waals surface area contributed by atoms with Crippen LogP contribution < -0.4 is 10.8 Å². The standard InChI is InChI=1S/C36H53N7O5/c37-32(21-28-12-6-2-7-13-28)34(44)42(36(46)41-16-18-48-19-17-41)33(22-30-24-39-26-40-30)35(45)43(47)31(20-27-10-4-1-5-11-27)25-38-23-29-14-8-3-9-15-29/h2,6-7,12-13,24-27,29,31-33,43H,1,3-5,8-11,14-23,37H2,(H,39,40)/t31-,32-,33-/m0/s1. The summed E-state index contributed by atoms with van der Waals surface area (Å²) in [6.07, 6.45) is 16.7. The molecule has 2 aromatic rings. The van der Waals surface area contributed by atoms with E-state index >= 15 is 0 Å². The number of H-pyrrole nitrogens is 1. The lowest BCUT2D eigenvalue weighted by atomic mass is 9.84. The molecule has 0 bridgehead atoms. The third-order valence-electron chi connectivity index (χ3n) is 10.2. The Morgan fingerprint density at radius 1 is 1.02 bits per heavy atom. The van der Waals surface area contributed by atoms with Gasteiger partial charge >= 0.3 is 11.9 Å². The van der Waals surface area contributed by atoms with Gasteiger partial charge in [0.15, 0.2) is 6.04 Å². The van der Waals surface area contributed by atoms with Crippen molar-refractivity contribution in [2.75, 3.05) is 32.8 Å². The third kappa shape index (κ3) is 10.0. The molecule has 1 aliphatic heterocycles. The Labute approximate surface area is 284 Å². The van der Waals surface area contributed by atoms with Crippen LogP contribution in [0.2, 0.25) is 0 Å². The summed E-state index contributed by atoms with van der Waals surface area (Å²) in [5.41, 5.74) is 7.78. The topological polar surface area (TPSA) is 161 Å². The van der Waals surface area contributed by atoms with Crippen molar-refractivity contribution in [2.45, 2.75) is 102 Å². The van der Waals surface area contributed by atoms with Crippen LogP contribution >= 0.6 is 0 Å². The van der Waals surface area contributed by atoms with Crippen molar-refractivity contribution in [1.82, 2.24) is 19.8 Å². The van der Waals surface area contributed by atoms with Gasteiger partial charge in [0.2, 0.25) is 5.91 Å². The van der Waals surface area contributed by atoms with E-state index in [1.165, 1.54) is 36.9 Å². The number of hydrogen-bond acceptors (Lipinski definition) is 8. The number of nitrogens with zero attached hydrogens (tertiary/aromatic N) is 4. The van der Waals surface area contributed by atoms with Gasteiger partial charge in [-0.15, -0.1) is 0 Å². The molecular formula is C36H53N7O5. The van der Waals surface area contributed by atoms with E-state index in [9.17, 15) is 19.6 Å². The molecule has 3 fully saturated rings. The highest BCUT2D eigenvalue weighted by atomic mass is 16.5. The van der Waals surface area contributed by atoms with Crippen molar-refractivity contribution >= 4 is 24.1 Å². The number of carbonyl (C=O) groups is 3. The van der Waals surface area contributed by atoms with Gasteiger partial charge in [-0.25, -0.2) is 19.5 Å². The molecule has 3 aliphatic rings. The van der Waals surface area contributed by atoms with Crippen molar-refractivity contribution in [2.24, 2.45) is 22.6 Å². The number of carbonyl (C=O) groups excluding carboxylic acids is 3. The largest absolute Gasteiger partial charge is 0.626 e. The zero-order valence-electron chi connectivity index (χ0n) is 28.1. The van der Waals surface area contributed by atoms with E-state index < -0.39 is 41.0 Å². The highest BCUT2D eigenvalue weighted by Gasteiger charge is 2.44. The molecule has 4 N–H and O–H groups in total. The van der Waals surface area contributed by atoms with Gasteiger partial charge in [0.05, 0.1) is 37.5 Å². The first-order valence-electron chi connectivity index (χ1n) is 18.0. The van der Waals surface area contributed by atoms with Crippen LogP contribution in [0.25, 0.3) is 0 Å². The average Bonchev–Trinajstić information content (AvgIpc) is 3.65. The van der Waals surface area contributed by atoms with Crippen LogP contribution in [0.1, 0.15) is 81.9 Å². The van der Waals surface area contributed by atoms with E-state index in [4.69, 9.17) is 15.5 Å². The molecular weight excluding hydrogens is 610 g/mol. The number of nitrogens with two attached hydrogens (primary N) is 1. The Morgan fingerprint density at radius 2 is 1.69 bits per heavy atom. The Balaban J connectivity index is 1.44. The van der Waals surface area contributed by atoms with E-state index in [1.54, 1.807) is 12.4 Å². The first kappa shape index (κ1) is 35.8. The number of aliphatic imine (C=N–C) groups is 1. The molecule has 4 amide bonds. The normalized spacial score (nSPS) is 20.7. The van der Waals surface area contributed by atoms with Crippen molar-refractivity contribution < 1.29 is 24.2 Å². The van der Waals surface area contributed by atoms with E-state index in [2.05, 4.69) is 9.97 Å². The van der Waals surface area contributed by atoms with Gasteiger partial charge in [-0.05, 0) is 36.7 Å². The fourth-order valence-electron chi connectivity index (χ4n) is 7.40. The quantitative estimate of drug-likeness (QED) is 0.219. The van der Waals surface area contributed by atoms with Gasteiger partial charge < -0.3 is 30.6 Å². The maximum Gasteiger partial charge on any atom is 0.336 e. The average molecular weight is 664 g/mol. The first-order valence-corrected chi connectivity index (χ1v) is 18.0. The predicted octanol–water partition coefficient (Wildman–Crippen LogP) is 3.07. The van der Waals surface area contributed by atoms with Crippen LogP contribution in [0.4, 0.5) is 4.79 Å². The number of aromatic nitrogens is 2. The van der Waals surface area contributed by atoms with E-state index in [0.717, 1.165) is 49.0 Å². The SMILES string of the molecule is N[C@@H](Cc1ccccc1)C(=O)N(C(=O)N1CCOCC1)[C@@H](Cc1c[nH]cn1)C(=O)[NH+]([O-])[C@H](C=NCC1CCCCC1)CC1CCCCC1. The Morgan fingerprint density at radius 3 is 2.33 bits per heavy atom. The van der Waals surface area contributed by atoms with Crippen LogP contribution in [0.15, 0.2) is 47.8 Å². The zero-order chi connectivity index (χ0) is 33.7. The second kappa shape index (κ2) is 18.4. The van der Waals surface area contributed by atoms with Gasteiger partial charge in [-0.3, -0.25) is 9.79 Å². The number of nitrogens with one attached hydrogen (secondary N) is 2. The molecule has 0 spiro atoms. The lowest BCUT2D eigenvalue weighted by molar-refractivity contribution is -0.783. The number of morpholine rings is 1. The Kier molecular flexibility index (Phi) is 13.7. The number of imidazole rings is 1. The number of rotatable bonds is 13. The molecule has 0 radical (unpaired) electrons. The molecule has 262 valence electrons. The minimum atomic E-state index is -1.41. The minimum absolute atomic E-state index is 0.108. The molecule has 2 heterocycles. The fourth-order valence-corrected chi connectivity index (χ4v) is 7.40. The number of ether oxygens (including phenoxy) is 1. The number of hydrogen-bond donors (Lipinski definition) is 3. The van der Waals surface area contributed by atoms with Crippen LogP contribution in [-0.2, 0) is 27.2 Å². The van der Waals surface area contributed by atoms with Crippen LogP contribution in [0, 0.1) is 17.0 Å². The number of aromatic amines is 1. The van der Waals surface area contributed by atoms with Gasteiger partial charge in [0, 0.05) is 38.7 Å². The number of hydroxylamine groups is 2. The predicted molar refractivity (Wildman–Crippen MR) is 183 cm³/mol. The Bertz CT molecular complexity index is 1310. The molecule has 12 heteroatoms. The van der Waals surface area contributed by atoms with Gasteiger partial charge in [0.25, 0.3) is 0 Å². The molecule has 4 atom stereocenters. The number of quaternary nitrogens is 1. The molecule has 2 aliphatic carbocycles. The molecule has 1 aromatic carbocycles. The molecule has 1 aromatic heterocycles. The lowest BCUT2D eigenvalue weighted by Gasteiger charge is -2.39. The maximum atomic E-state index is 14.6. The van der Waals surface area contributed by atoms with Crippen molar-refractivity contribution in [1.29, 1.82) is 0 Å². The van der Waals surface area contributed by atoms with Gasteiger partial charge in [-0.1, -0.05) is 81.7 Å². The third-order valence-corrected chi connectivity index (χ3v) is 10.2. The zero-order valence-corrected chi connectivity index (χ0v) is 28.1. The number of urea groups is 1. The lowest BCUT2D eigenvalue weighted by Crippen LogP contribution is -3.16. The summed E-state index contributed by atoms with van der Waals surface area (Å²) < 4.78 is 5.46. The second-order valence-corrected chi connectivity index (χ2v) is 13.8. The number of benzene rings is 1. The molecule has 5 rings (SSSR count). The monoisotopic (exact) mass is 663 g/mol. The summed E-state index contributed by atoms with van der Waals surface area (Å²) >= 11 is 0. The molecule has 1 unspecified atom stereocenters. The molecule has 1 saturated heterocycles. The summed E-state index contributed by atoms with van der Waals surface area (Å²) in [6.45, 7) is 1.77. The van der Waals surface area contributed by atoms with Crippen LogP contribution in [0.3, 0.4) is 0 Å². The second-order valence-electron chi connectivity index (χ2n) is 13.8. The number of amides is 4. The van der Waals surface area contributed by atoms with Gasteiger partial charge in [0.1, 0.15) is 6.04 Å². The van der Waals surface area contributed by atoms with E-state index in [0.29, 0.717) is 43.7 Å². The maximum absolute atomic E-state index is 14.6. The molecule has 2 saturated carbocycles. The summed E-state index contributed by atoms with van der Waals surface area (Å²) in [6, 6.07) is 5.41. The van der Waals surface area contributed by atoms with Crippen molar-refractivity contribution in [3.05, 3.63) is 59.3 Å². The number of imide groups is 1. The first-order chi connectivity index (χ1) is 23.4. The van der Waals surface area contributed by atoms with E-state index in [-0.39, 0.29) is 25.9 Å². The summed E-state index contributed by atoms with van der Waals surface area (Å²) in [5, 5.41) is 13.8. The van der Waals surface area contributed by atoms with E-state index in [1.807, 2.05) is 30.3 Å². The van der Waals surface area contributed by atoms with Crippen LogP contribution in [0.5, 0.6) is 0 Å². The summed E-state index contributed by atoms with van der Waals surface area (Å²) in [7, 11) is 0.